The molecule has 52 nitrogen and oxygen atoms in total. The van der Waals surface area contributed by atoms with Crippen LogP contribution in [0, 0.1) is 0 Å². The molecule has 6 saturated heterocycles. The molecule has 0 bridgehead atoms. The number of esters is 19. The fourth-order valence-electron chi connectivity index (χ4n) is 13.8. The Kier molecular flexibility index (Phi) is 39.4. The normalized spacial score (nSPS) is 32.7. The first-order valence-electron chi connectivity index (χ1n) is 38.3. The van der Waals surface area contributed by atoms with Crippen LogP contribution in [-0.4, -0.2) is 337 Å². The Morgan fingerprint density at radius 1 is 0.198 bits per heavy atom. The SMILES string of the molecule is CC(=O)OCC1O[C@H](O[C@@H]2C(COC(C)=O)O[C@H](O[C@@H]3C(COC(C)=O)O[C@H](O[C@@H]4C(COC(C)=O)O[C@H](O[C@@H]5C(COC(C)=O)O[C@H](O[C@@H]6C(COC(C)=O)O[C@H](N=[N+]=[N-])C(OC(C)=O)[C@H]6OC(C)=O)C(OC(C)=O)[C@H]5OC(C)=O)C(OC(C)=O)[C@H]4OC(C)=O)C(OC(C)=O)[C@H]3OC(C)=O)C(OC(C)=O)[C@H]2OC(C)=O)C(OC(C)=O)[C@@H](OC(C)=O)[C@@H]1OC(C)=O. The highest BCUT2D eigenvalue weighted by molar-refractivity contribution is 5.73. The lowest BCUT2D eigenvalue weighted by Gasteiger charge is -2.52. The van der Waals surface area contributed by atoms with Crippen molar-refractivity contribution in [3.63, 3.8) is 0 Å². The van der Waals surface area contributed by atoms with Crippen LogP contribution in [0.1, 0.15) is 132 Å². The van der Waals surface area contributed by atoms with Crippen molar-refractivity contribution < 1.29 is 233 Å². The predicted octanol–water partition coefficient (Wildman–Crippen LogP) is -1.94. The summed E-state index contributed by atoms with van der Waals surface area (Å²) in [7, 11) is 0. The van der Waals surface area contributed by atoms with Crippen LogP contribution in [0.4, 0.5) is 0 Å². The van der Waals surface area contributed by atoms with Crippen molar-refractivity contribution in [3.8, 4) is 0 Å². The molecule has 0 N–H and O–H groups in total. The van der Waals surface area contributed by atoms with Gasteiger partial charge >= 0.3 is 113 Å². The Hall–Kier alpha value is -11.2. The maximum absolute atomic E-state index is 13.8. The molecule has 704 valence electrons. The van der Waals surface area contributed by atoms with E-state index in [2.05, 4.69) is 10.0 Å². The van der Waals surface area contributed by atoms with Gasteiger partial charge in [0.1, 0.15) is 107 Å². The van der Waals surface area contributed by atoms with Crippen LogP contribution >= 0.6 is 0 Å². The van der Waals surface area contributed by atoms with Crippen LogP contribution in [0.2, 0.25) is 0 Å². The van der Waals surface area contributed by atoms with Crippen LogP contribution in [0.25, 0.3) is 10.4 Å². The predicted molar refractivity (Wildman–Crippen MR) is 387 cm³/mol. The van der Waals surface area contributed by atoms with Gasteiger partial charge in [-0.2, -0.15) is 0 Å². The Bertz CT molecular complexity index is 3970. The molecule has 126 heavy (non-hydrogen) atoms. The summed E-state index contributed by atoms with van der Waals surface area (Å²) in [6, 6.07) is 0. The lowest BCUT2D eigenvalue weighted by molar-refractivity contribution is -0.395. The minimum Gasteiger partial charge on any atom is -0.463 e. The highest BCUT2D eigenvalue weighted by atomic mass is 16.8. The van der Waals surface area contributed by atoms with Crippen LogP contribution in [0.3, 0.4) is 0 Å². The third kappa shape index (κ3) is 30.8. The van der Waals surface area contributed by atoms with Crippen LogP contribution in [-0.2, 0) is 233 Å². The van der Waals surface area contributed by atoms with Gasteiger partial charge in [-0.15, -0.1) is 0 Å². The molecule has 0 aromatic heterocycles. The lowest BCUT2D eigenvalue weighted by atomic mass is 9.94. The molecule has 0 radical (unpaired) electrons. The lowest BCUT2D eigenvalue weighted by Crippen LogP contribution is -2.70. The summed E-state index contributed by atoms with van der Waals surface area (Å²) in [5, 5.41) is 3.52. The number of nitrogens with zero attached hydrogens (tertiary/aromatic N) is 3. The van der Waals surface area contributed by atoms with Crippen molar-refractivity contribution in [2.24, 2.45) is 5.11 Å². The van der Waals surface area contributed by atoms with Gasteiger partial charge in [0, 0.05) is 136 Å². The van der Waals surface area contributed by atoms with E-state index in [1.54, 1.807) is 0 Å². The fourth-order valence-corrected chi connectivity index (χ4v) is 13.8. The summed E-state index contributed by atoms with van der Waals surface area (Å²) in [5.41, 5.74) is 9.60. The number of carbonyl (C=O) groups is 19. The summed E-state index contributed by atoms with van der Waals surface area (Å²) in [6.07, 6.45) is -63.9. The van der Waals surface area contributed by atoms with E-state index in [-0.39, 0.29) is 0 Å². The standard InChI is InChI=1S/C74H99N3O49/c1-26(78)97-20-45-52(57(104-33(8)85)63(110-39(14)91)69(116-45)76-77-75)122-71-65(112-41(16)93)59(106-35(10)87)54(47(118-71)22-99-28(3)80)124-73-67(114-43(18)95)61(108-37(12)89)56(49(120-73)24-101-30(5)82)126-74-68(115-44(19)96)62(109-38(13)90)55(50(121-74)25-102-31(6)83)125-72-66(113-42(17)94)60(107-36(11)88)53(48(119-72)23-100-29(4)81)123-70-64(111-40(15)92)58(105-34(9)86)51(103-32(7)84)46(117-70)21-98-27(2)79/h45-74H,20-25H2,1-19H3/t45?,46?,47?,48?,49?,50?,51-,52-,53-,54-,55-,56-,57+,58+,59+,60+,61+,62+,63?,64?,65?,66?,67?,68?,69+,70-,71-,72-,73-,74-/m1/s1. The molecule has 0 spiro atoms. The molecule has 6 heterocycles. The Morgan fingerprint density at radius 2 is 0.341 bits per heavy atom. The van der Waals surface area contributed by atoms with Gasteiger partial charge in [0.15, 0.2) is 117 Å². The highest BCUT2D eigenvalue weighted by Crippen LogP contribution is 2.43. The van der Waals surface area contributed by atoms with E-state index >= 15 is 0 Å². The largest absolute Gasteiger partial charge is 0.463 e. The average molecular weight is 1810 g/mol. The molecule has 0 saturated carbocycles. The number of ether oxygens (including phenoxy) is 30. The first-order chi connectivity index (χ1) is 59.0. The van der Waals surface area contributed by atoms with Crippen molar-refractivity contribution in [2.45, 2.75) is 316 Å². The van der Waals surface area contributed by atoms with Gasteiger partial charge in [-0.1, -0.05) is 5.11 Å². The van der Waals surface area contributed by atoms with Gasteiger partial charge in [0.05, 0.1) is 0 Å². The molecular weight excluding hydrogens is 1710 g/mol. The van der Waals surface area contributed by atoms with Gasteiger partial charge in [-0.25, -0.2) is 0 Å². The van der Waals surface area contributed by atoms with Crippen molar-refractivity contribution >= 4 is 113 Å². The first kappa shape index (κ1) is 104. The smallest absolute Gasteiger partial charge is 0.303 e. The monoisotopic (exact) mass is 1810 g/mol. The topological polar surface area (TPSA) is 650 Å². The van der Waals surface area contributed by atoms with Gasteiger partial charge in [-0.05, 0) is 5.53 Å². The average Bonchev–Trinajstić information content (AvgIpc) is 0.761. The molecule has 6 aliphatic rings. The van der Waals surface area contributed by atoms with Gasteiger partial charge in [0.25, 0.3) is 0 Å². The molecule has 30 atom stereocenters. The number of carbonyl (C=O) groups excluding carboxylic acids is 19. The molecule has 0 aliphatic carbocycles. The Labute approximate surface area is 715 Å². The first-order valence-corrected chi connectivity index (χ1v) is 38.3. The summed E-state index contributed by atoms with van der Waals surface area (Å²) in [6.45, 7) is 10.7. The quantitative estimate of drug-likeness (QED) is 0.0217. The number of hydrogen-bond acceptors (Lipinski definition) is 50. The van der Waals surface area contributed by atoms with Crippen LogP contribution < -0.4 is 0 Å². The second-order valence-corrected chi connectivity index (χ2v) is 28.3. The molecule has 0 aromatic rings. The summed E-state index contributed by atoms with van der Waals surface area (Å²) >= 11 is 0. The molecular formula is C74H99N3O49. The zero-order valence-corrected chi connectivity index (χ0v) is 71.4. The second-order valence-electron chi connectivity index (χ2n) is 28.3. The van der Waals surface area contributed by atoms with Gasteiger partial charge in [-0.3, -0.25) is 91.1 Å². The number of rotatable bonds is 36. The van der Waals surface area contributed by atoms with Gasteiger partial charge < -0.3 is 142 Å². The summed E-state index contributed by atoms with van der Waals surface area (Å²) in [4.78, 5) is 253. The van der Waals surface area contributed by atoms with Gasteiger partial charge in [0.2, 0.25) is 0 Å². The summed E-state index contributed by atoms with van der Waals surface area (Å²) in [5.74, 6) is -21.8. The molecule has 52 heteroatoms. The molecule has 12 unspecified atom stereocenters. The Morgan fingerprint density at radius 3 is 0.516 bits per heavy atom. The van der Waals surface area contributed by atoms with Crippen molar-refractivity contribution in [1.29, 1.82) is 0 Å². The van der Waals surface area contributed by atoms with E-state index in [0.717, 1.165) is 132 Å². The van der Waals surface area contributed by atoms with Crippen molar-refractivity contribution in [1.82, 2.24) is 0 Å². The molecule has 6 rings (SSSR count). The van der Waals surface area contributed by atoms with E-state index in [1.807, 2.05) is 0 Å². The fraction of sp³-hybridized carbons (Fsp3) is 0.743. The summed E-state index contributed by atoms with van der Waals surface area (Å²) < 4.78 is 178. The van der Waals surface area contributed by atoms with Crippen molar-refractivity contribution in [3.05, 3.63) is 10.4 Å². The third-order valence-electron chi connectivity index (χ3n) is 17.8. The van der Waals surface area contributed by atoms with Crippen molar-refractivity contribution in [2.75, 3.05) is 39.6 Å². The van der Waals surface area contributed by atoms with E-state index in [4.69, 9.17) is 142 Å². The van der Waals surface area contributed by atoms with E-state index in [9.17, 15) is 96.6 Å². The highest BCUT2D eigenvalue weighted by Gasteiger charge is 2.64. The van der Waals surface area contributed by atoms with E-state index in [0.29, 0.717) is 0 Å². The molecule has 6 aliphatic heterocycles. The van der Waals surface area contributed by atoms with E-state index < -0.39 is 337 Å². The maximum Gasteiger partial charge on any atom is 0.303 e. The van der Waals surface area contributed by atoms with Crippen LogP contribution in [0.15, 0.2) is 5.11 Å². The number of azide groups is 1. The maximum atomic E-state index is 13.8. The zero-order valence-electron chi connectivity index (χ0n) is 71.4. The number of hydrogen-bond donors (Lipinski definition) is 0. The van der Waals surface area contributed by atoms with E-state index in [1.165, 1.54) is 0 Å². The molecule has 0 amide bonds. The second kappa shape index (κ2) is 47.9. The van der Waals surface area contributed by atoms with Crippen LogP contribution in [0.5, 0.6) is 0 Å². The zero-order chi connectivity index (χ0) is 94.2. The minimum atomic E-state index is -2.44. The minimum absolute atomic E-state index is 0.801. The molecule has 6 fully saturated rings. The Balaban J connectivity index is 1.55. The molecule has 0 aromatic carbocycles. The third-order valence-corrected chi connectivity index (χ3v) is 17.8.